The molecule has 262 valence electrons. The first kappa shape index (κ1) is 32.3. The molecule has 11 rings (SSSR count). The molecule has 0 aliphatic rings. The van der Waals surface area contributed by atoms with E-state index in [9.17, 15) is 0 Å². The number of rotatable bonds is 6. The van der Waals surface area contributed by atoms with Gasteiger partial charge in [-0.3, -0.25) is 0 Å². The summed E-state index contributed by atoms with van der Waals surface area (Å²) >= 11 is 1.85. The lowest BCUT2D eigenvalue weighted by atomic mass is 9.95. The van der Waals surface area contributed by atoms with Gasteiger partial charge in [0.1, 0.15) is 0 Å². The van der Waals surface area contributed by atoms with Gasteiger partial charge in [-0.2, -0.15) is 0 Å². The van der Waals surface area contributed by atoms with Crippen molar-refractivity contribution in [2.75, 3.05) is 4.90 Å². The van der Waals surface area contributed by atoms with Crippen molar-refractivity contribution >= 4 is 81.1 Å². The molecule has 0 unspecified atom stereocenters. The number of aromatic nitrogens is 2. The highest BCUT2D eigenvalue weighted by Crippen LogP contribution is 2.42. The van der Waals surface area contributed by atoms with E-state index in [0.29, 0.717) is 0 Å². The molecule has 0 atom stereocenters. The Balaban J connectivity index is 1.04. The lowest BCUT2D eigenvalue weighted by Gasteiger charge is -2.26. The largest absolute Gasteiger partial charge is 0.310 e. The average molecular weight is 732 g/mol. The number of benzene rings is 9. The van der Waals surface area contributed by atoms with E-state index < -0.39 is 0 Å². The van der Waals surface area contributed by atoms with Crippen LogP contribution in [0.4, 0.5) is 17.1 Å². The van der Waals surface area contributed by atoms with Crippen molar-refractivity contribution in [1.29, 1.82) is 0 Å². The topological polar surface area (TPSA) is 29.0 Å². The van der Waals surface area contributed by atoms with Crippen LogP contribution in [0.3, 0.4) is 0 Å². The summed E-state index contributed by atoms with van der Waals surface area (Å²) in [6, 6.07) is 71.4. The maximum Gasteiger partial charge on any atom is 0.0979 e. The third kappa shape index (κ3) is 5.50. The number of hydrogen-bond acceptors (Lipinski definition) is 4. The van der Waals surface area contributed by atoms with Gasteiger partial charge in [0.2, 0.25) is 0 Å². The van der Waals surface area contributed by atoms with Crippen molar-refractivity contribution in [3.8, 4) is 33.6 Å². The van der Waals surface area contributed by atoms with Crippen LogP contribution in [0.5, 0.6) is 0 Å². The van der Waals surface area contributed by atoms with E-state index in [-0.39, 0.29) is 0 Å². The maximum absolute atomic E-state index is 5.46. The Hall–Kier alpha value is -7.14. The van der Waals surface area contributed by atoms with Gasteiger partial charge in [-0.05, 0) is 87.9 Å². The molecule has 11 aromatic rings. The molecule has 0 bridgehead atoms. The molecule has 56 heavy (non-hydrogen) atoms. The number of hydrogen-bond donors (Lipinski definition) is 0. The van der Waals surface area contributed by atoms with Crippen LogP contribution in [0.25, 0.3) is 86.4 Å². The SMILES string of the molecule is c1ccc(-c2nc3ccc4ccc5ccc(-c6ccc(N(c7ccccc7)c7ccc8sc9ccccc9c8c7)cc6)cc5c4c3nc2-c2ccccc2)cc1. The van der Waals surface area contributed by atoms with Gasteiger partial charge in [0.05, 0.1) is 22.4 Å². The number of fused-ring (bicyclic) bond motifs is 8. The molecular weight excluding hydrogens is 699 g/mol. The Kier molecular flexibility index (Phi) is 7.68. The molecule has 3 nitrogen and oxygen atoms in total. The molecule has 0 fully saturated rings. The fourth-order valence-electron chi connectivity index (χ4n) is 8.11. The molecular formula is C52H33N3S. The zero-order chi connectivity index (χ0) is 37.0. The van der Waals surface area contributed by atoms with Crippen LogP contribution >= 0.6 is 11.3 Å². The quantitative estimate of drug-likeness (QED) is 0.159. The standard InChI is InChI=1S/C52H33N3S/c1-4-12-37(13-5-1)50-51(38-14-6-2-7-15-38)54-52-46(53-50)30-26-36-22-20-35-21-23-39(32-44(35)49(36)52)34-24-27-41(28-25-34)55(40-16-8-3-9-17-40)42-29-31-48-45(33-42)43-18-10-11-19-47(43)56-48/h1-33H. The van der Waals surface area contributed by atoms with Crippen molar-refractivity contribution in [3.63, 3.8) is 0 Å². The third-order valence-electron chi connectivity index (χ3n) is 10.8. The highest BCUT2D eigenvalue weighted by molar-refractivity contribution is 7.25. The van der Waals surface area contributed by atoms with Crippen molar-refractivity contribution in [2.24, 2.45) is 0 Å². The normalized spacial score (nSPS) is 11.6. The number of thiophene rings is 1. The van der Waals surface area contributed by atoms with Crippen LogP contribution in [-0.2, 0) is 0 Å². The number of para-hydroxylation sites is 1. The molecule has 0 aliphatic carbocycles. The summed E-state index contributed by atoms with van der Waals surface area (Å²) in [5.41, 5.74) is 11.3. The maximum atomic E-state index is 5.46. The lowest BCUT2D eigenvalue weighted by Crippen LogP contribution is -2.09. The molecule has 0 radical (unpaired) electrons. The van der Waals surface area contributed by atoms with Crippen LogP contribution in [-0.4, -0.2) is 9.97 Å². The summed E-state index contributed by atoms with van der Waals surface area (Å²) < 4.78 is 2.61. The summed E-state index contributed by atoms with van der Waals surface area (Å²) in [6.45, 7) is 0. The number of anilines is 3. The molecule has 2 heterocycles. The summed E-state index contributed by atoms with van der Waals surface area (Å²) in [7, 11) is 0. The second kappa shape index (κ2) is 13.3. The predicted molar refractivity (Wildman–Crippen MR) is 238 cm³/mol. The molecule has 0 spiro atoms. The van der Waals surface area contributed by atoms with Crippen molar-refractivity contribution < 1.29 is 0 Å². The van der Waals surface area contributed by atoms with E-state index in [1.807, 2.05) is 23.5 Å². The highest BCUT2D eigenvalue weighted by Gasteiger charge is 2.18. The number of nitrogens with zero attached hydrogens (tertiary/aromatic N) is 3. The fraction of sp³-hybridized carbons (Fsp3) is 0. The average Bonchev–Trinajstić information content (AvgIpc) is 3.65. The highest BCUT2D eigenvalue weighted by atomic mass is 32.1. The van der Waals surface area contributed by atoms with Crippen molar-refractivity contribution in [3.05, 3.63) is 200 Å². The van der Waals surface area contributed by atoms with Gasteiger partial charge in [-0.15, -0.1) is 11.3 Å². The summed E-state index contributed by atoms with van der Waals surface area (Å²) in [6.07, 6.45) is 0. The fourth-order valence-corrected chi connectivity index (χ4v) is 9.20. The predicted octanol–water partition coefficient (Wildman–Crippen LogP) is 14.8. The van der Waals surface area contributed by atoms with Gasteiger partial charge >= 0.3 is 0 Å². The minimum Gasteiger partial charge on any atom is -0.310 e. The van der Waals surface area contributed by atoms with E-state index >= 15 is 0 Å². The smallest absolute Gasteiger partial charge is 0.0979 e. The molecule has 0 N–H and O–H groups in total. The van der Waals surface area contributed by atoms with E-state index in [0.717, 1.165) is 77.9 Å². The van der Waals surface area contributed by atoms with Gasteiger partial charge < -0.3 is 4.90 Å². The molecule has 9 aromatic carbocycles. The monoisotopic (exact) mass is 731 g/mol. The molecule has 0 amide bonds. The van der Waals surface area contributed by atoms with E-state index in [1.54, 1.807) is 0 Å². The van der Waals surface area contributed by atoms with Gasteiger partial charge in [0.15, 0.2) is 0 Å². The van der Waals surface area contributed by atoms with Gasteiger partial charge in [0, 0.05) is 53.7 Å². The Morgan fingerprint density at radius 2 is 0.929 bits per heavy atom. The zero-order valence-corrected chi connectivity index (χ0v) is 31.1. The van der Waals surface area contributed by atoms with Crippen LogP contribution in [0.2, 0.25) is 0 Å². The summed E-state index contributed by atoms with van der Waals surface area (Å²) in [5, 5.41) is 7.19. The van der Waals surface area contributed by atoms with E-state index in [4.69, 9.17) is 9.97 Å². The second-order valence-electron chi connectivity index (χ2n) is 14.2. The third-order valence-corrected chi connectivity index (χ3v) is 12.0. The van der Waals surface area contributed by atoms with Crippen molar-refractivity contribution in [2.45, 2.75) is 0 Å². The lowest BCUT2D eigenvalue weighted by molar-refractivity contribution is 1.29. The Morgan fingerprint density at radius 1 is 0.357 bits per heavy atom. The van der Waals surface area contributed by atoms with Gasteiger partial charge in [-0.25, -0.2) is 9.97 Å². The second-order valence-corrected chi connectivity index (χ2v) is 15.3. The minimum absolute atomic E-state index is 0.882. The Labute approximate surface area is 328 Å². The first-order valence-electron chi connectivity index (χ1n) is 18.9. The molecule has 0 saturated heterocycles. The summed E-state index contributed by atoms with van der Waals surface area (Å²) in [4.78, 5) is 13.1. The molecule has 4 heteroatoms. The molecule has 0 aliphatic heterocycles. The Bertz CT molecular complexity index is 3230. The molecule has 2 aromatic heterocycles. The zero-order valence-electron chi connectivity index (χ0n) is 30.3. The van der Waals surface area contributed by atoms with Crippen molar-refractivity contribution in [1.82, 2.24) is 9.97 Å². The Morgan fingerprint density at radius 3 is 1.70 bits per heavy atom. The van der Waals surface area contributed by atoms with Crippen LogP contribution in [0.1, 0.15) is 0 Å². The minimum atomic E-state index is 0.882. The van der Waals surface area contributed by atoms with Crippen LogP contribution in [0, 0.1) is 0 Å². The molecule has 0 saturated carbocycles. The van der Waals surface area contributed by atoms with Gasteiger partial charge in [-0.1, -0.05) is 140 Å². The van der Waals surface area contributed by atoms with E-state index in [1.165, 1.54) is 25.6 Å². The van der Waals surface area contributed by atoms with E-state index in [2.05, 4.69) is 193 Å². The van der Waals surface area contributed by atoms with Crippen LogP contribution in [0.15, 0.2) is 200 Å². The van der Waals surface area contributed by atoms with Crippen LogP contribution < -0.4 is 4.90 Å². The first-order valence-corrected chi connectivity index (χ1v) is 19.7. The first-order chi connectivity index (χ1) is 27.7. The van der Waals surface area contributed by atoms with Gasteiger partial charge in [0.25, 0.3) is 0 Å². The summed E-state index contributed by atoms with van der Waals surface area (Å²) in [5.74, 6) is 0.